The third kappa shape index (κ3) is 5.82. The Hall–Kier alpha value is -1.06. The van der Waals surface area contributed by atoms with Crippen LogP contribution in [0.3, 0.4) is 0 Å². The molecule has 0 aliphatic rings. The Labute approximate surface area is 144 Å². The molecule has 0 bridgehead atoms. The minimum atomic E-state index is -1.21. The molecule has 1 rings (SSSR count). The van der Waals surface area contributed by atoms with E-state index in [-0.39, 0.29) is 33.4 Å². The lowest BCUT2D eigenvalue weighted by Gasteiger charge is -2.30. The lowest BCUT2D eigenvalue weighted by Crippen LogP contribution is -2.47. The van der Waals surface area contributed by atoms with Crippen molar-refractivity contribution in [2.24, 2.45) is 0 Å². The van der Waals surface area contributed by atoms with Crippen LogP contribution in [-0.4, -0.2) is 58.6 Å². The van der Waals surface area contributed by atoms with E-state index < -0.39 is 11.4 Å². The molecule has 1 heterocycles. The second-order valence-electron chi connectivity index (χ2n) is 4.66. The standard InChI is InChI=1S/C15H22BrNO6/c1-4-23-14(18)15(8-21-10-19-2,9-22-11-20-3)12-6-5-7-13(16)17-12/h5-7H,4,8-11H2,1-3H3. The van der Waals surface area contributed by atoms with Gasteiger partial charge in [-0.3, -0.25) is 4.79 Å². The Morgan fingerprint density at radius 3 is 2.26 bits per heavy atom. The molecule has 7 nitrogen and oxygen atoms in total. The second kappa shape index (κ2) is 10.7. The Kier molecular flexibility index (Phi) is 9.27. The molecule has 0 saturated carbocycles. The van der Waals surface area contributed by atoms with Gasteiger partial charge >= 0.3 is 5.97 Å². The van der Waals surface area contributed by atoms with Gasteiger partial charge in [0.25, 0.3) is 0 Å². The predicted molar refractivity (Wildman–Crippen MR) is 85.9 cm³/mol. The molecule has 0 radical (unpaired) electrons. The van der Waals surface area contributed by atoms with Gasteiger partial charge in [0.05, 0.1) is 25.5 Å². The lowest BCUT2D eigenvalue weighted by atomic mass is 9.85. The number of hydrogen-bond acceptors (Lipinski definition) is 7. The summed E-state index contributed by atoms with van der Waals surface area (Å²) in [6, 6.07) is 5.28. The summed E-state index contributed by atoms with van der Waals surface area (Å²) in [5.74, 6) is -0.474. The topological polar surface area (TPSA) is 76.1 Å². The fourth-order valence-corrected chi connectivity index (χ4v) is 2.30. The van der Waals surface area contributed by atoms with Gasteiger partial charge in [-0.1, -0.05) is 6.07 Å². The average Bonchev–Trinajstić information content (AvgIpc) is 2.54. The van der Waals surface area contributed by atoms with Crippen LogP contribution < -0.4 is 0 Å². The number of ether oxygens (including phenoxy) is 5. The SMILES string of the molecule is CCOC(=O)C(COCOC)(COCOC)c1cccc(Br)n1. The predicted octanol–water partition coefficient (Wildman–Crippen LogP) is 1.89. The summed E-state index contributed by atoms with van der Waals surface area (Å²) in [5.41, 5.74) is -0.728. The van der Waals surface area contributed by atoms with E-state index in [0.29, 0.717) is 10.3 Å². The largest absolute Gasteiger partial charge is 0.465 e. The molecule has 0 unspecified atom stereocenters. The van der Waals surface area contributed by atoms with Crippen LogP contribution in [0.2, 0.25) is 0 Å². The van der Waals surface area contributed by atoms with Crippen molar-refractivity contribution in [2.45, 2.75) is 12.3 Å². The highest BCUT2D eigenvalue weighted by Gasteiger charge is 2.44. The number of nitrogens with zero attached hydrogens (tertiary/aromatic N) is 1. The Balaban J connectivity index is 3.16. The molecule has 0 fully saturated rings. The van der Waals surface area contributed by atoms with E-state index in [4.69, 9.17) is 23.7 Å². The van der Waals surface area contributed by atoms with Crippen molar-refractivity contribution in [3.05, 3.63) is 28.5 Å². The summed E-state index contributed by atoms with van der Waals surface area (Å²) in [4.78, 5) is 17.0. The molecule has 0 N–H and O–H groups in total. The van der Waals surface area contributed by atoms with Gasteiger partial charge in [0.15, 0.2) is 5.41 Å². The van der Waals surface area contributed by atoms with Gasteiger partial charge < -0.3 is 23.7 Å². The van der Waals surface area contributed by atoms with Crippen LogP contribution in [0, 0.1) is 0 Å². The number of carbonyl (C=O) groups is 1. The van der Waals surface area contributed by atoms with Crippen LogP contribution in [0.1, 0.15) is 12.6 Å². The number of aromatic nitrogens is 1. The number of pyridine rings is 1. The Morgan fingerprint density at radius 1 is 1.17 bits per heavy atom. The normalized spacial score (nSPS) is 11.5. The lowest BCUT2D eigenvalue weighted by molar-refractivity contribution is -0.162. The first-order valence-corrected chi connectivity index (χ1v) is 7.83. The molecular weight excluding hydrogens is 370 g/mol. The van der Waals surface area contributed by atoms with Gasteiger partial charge in [-0.05, 0) is 35.0 Å². The molecule has 23 heavy (non-hydrogen) atoms. The van der Waals surface area contributed by atoms with Crippen LogP contribution in [-0.2, 0) is 33.9 Å². The van der Waals surface area contributed by atoms with E-state index in [9.17, 15) is 4.79 Å². The van der Waals surface area contributed by atoms with Crippen molar-refractivity contribution in [3.63, 3.8) is 0 Å². The highest BCUT2D eigenvalue weighted by Crippen LogP contribution is 2.27. The zero-order chi connectivity index (χ0) is 17.1. The maximum atomic E-state index is 12.6. The molecule has 1 aromatic heterocycles. The van der Waals surface area contributed by atoms with Gasteiger partial charge in [-0.15, -0.1) is 0 Å². The Morgan fingerprint density at radius 2 is 1.78 bits per heavy atom. The average molecular weight is 392 g/mol. The van der Waals surface area contributed by atoms with Crippen LogP contribution in [0.5, 0.6) is 0 Å². The Bertz CT molecular complexity index is 475. The highest BCUT2D eigenvalue weighted by atomic mass is 79.9. The number of hydrogen-bond donors (Lipinski definition) is 0. The summed E-state index contributed by atoms with van der Waals surface area (Å²) in [6.07, 6.45) is 0. The number of carbonyl (C=O) groups excluding carboxylic acids is 1. The molecule has 0 atom stereocenters. The van der Waals surface area contributed by atoms with E-state index in [1.54, 1.807) is 25.1 Å². The van der Waals surface area contributed by atoms with E-state index >= 15 is 0 Å². The molecule has 1 aromatic rings. The first-order valence-electron chi connectivity index (χ1n) is 7.04. The number of rotatable bonds is 11. The summed E-state index contributed by atoms with van der Waals surface area (Å²) in [6.45, 7) is 2.07. The number of esters is 1. The minimum Gasteiger partial charge on any atom is -0.465 e. The molecule has 0 spiro atoms. The first kappa shape index (κ1) is 20.0. The van der Waals surface area contributed by atoms with Crippen molar-refractivity contribution >= 4 is 21.9 Å². The van der Waals surface area contributed by atoms with Gasteiger partial charge in [-0.2, -0.15) is 0 Å². The highest BCUT2D eigenvalue weighted by molar-refractivity contribution is 9.10. The third-order valence-electron chi connectivity index (χ3n) is 2.97. The van der Waals surface area contributed by atoms with Gasteiger partial charge in [0, 0.05) is 14.2 Å². The van der Waals surface area contributed by atoms with Crippen molar-refractivity contribution in [3.8, 4) is 0 Å². The molecule has 0 aliphatic carbocycles. The number of halogens is 1. The quantitative estimate of drug-likeness (QED) is 0.246. The van der Waals surface area contributed by atoms with Gasteiger partial charge in [0.1, 0.15) is 18.2 Å². The van der Waals surface area contributed by atoms with Gasteiger partial charge in [0.2, 0.25) is 0 Å². The smallest absolute Gasteiger partial charge is 0.322 e. The molecule has 0 amide bonds. The van der Waals surface area contributed by atoms with Crippen LogP contribution >= 0.6 is 15.9 Å². The molecule has 130 valence electrons. The van der Waals surface area contributed by atoms with Crippen molar-refractivity contribution in [1.29, 1.82) is 0 Å². The molecule has 0 saturated heterocycles. The maximum absolute atomic E-state index is 12.6. The van der Waals surface area contributed by atoms with E-state index in [0.717, 1.165) is 0 Å². The maximum Gasteiger partial charge on any atom is 0.322 e. The fraction of sp³-hybridized carbons (Fsp3) is 0.600. The summed E-state index contributed by atoms with van der Waals surface area (Å²) in [7, 11) is 3.01. The van der Waals surface area contributed by atoms with E-state index in [1.165, 1.54) is 14.2 Å². The van der Waals surface area contributed by atoms with Crippen molar-refractivity contribution in [2.75, 3.05) is 47.6 Å². The van der Waals surface area contributed by atoms with Crippen LogP contribution in [0.15, 0.2) is 22.8 Å². The van der Waals surface area contributed by atoms with Crippen molar-refractivity contribution < 1.29 is 28.5 Å². The third-order valence-corrected chi connectivity index (χ3v) is 3.41. The monoisotopic (exact) mass is 391 g/mol. The van der Waals surface area contributed by atoms with Crippen LogP contribution in [0.25, 0.3) is 0 Å². The fourth-order valence-electron chi connectivity index (χ4n) is 1.95. The summed E-state index contributed by atoms with van der Waals surface area (Å²) < 4.78 is 26.5. The first-order chi connectivity index (χ1) is 11.1. The van der Waals surface area contributed by atoms with E-state index in [2.05, 4.69) is 20.9 Å². The summed E-state index contributed by atoms with van der Waals surface area (Å²) in [5, 5.41) is 0. The molecule has 0 aliphatic heterocycles. The van der Waals surface area contributed by atoms with Gasteiger partial charge in [-0.25, -0.2) is 4.98 Å². The molecule has 0 aromatic carbocycles. The zero-order valence-corrected chi connectivity index (χ0v) is 15.1. The summed E-state index contributed by atoms with van der Waals surface area (Å²) >= 11 is 3.31. The number of methoxy groups -OCH3 is 2. The zero-order valence-electron chi connectivity index (χ0n) is 13.5. The molecule has 8 heteroatoms. The van der Waals surface area contributed by atoms with Crippen LogP contribution in [0.4, 0.5) is 0 Å². The van der Waals surface area contributed by atoms with E-state index in [1.807, 2.05) is 0 Å². The second-order valence-corrected chi connectivity index (χ2v) is 5.47. The van der Waals surface area contributed by atoms with Crippen molar-refractivity contribution in [1.82, 2.24) is 4.98 Å². The molecular formula is C15H22BrNO6. The minimum absolute atomic E-state index is 0.00679.